The highest BCUT2D eigenvalue weighted by atomic mass is 16.5. The van der Waals surface area contributed by atoms with Crippen LogP contribution in [0, 0.1) is 0 Å². The first kappa shape index (κ1) is 9.49. The highest BCUT2D eigenvalue weighted by Gasteiger charge is 2.17. The van der Waals surface area contributed by atoms with Crippen LogP contribution in [0.1, 0.15) is 18.0 Å². The Morgan fingerprint density at radius 3 is 2.57 bits per heavy atom. The lowest BCUT2D eigenvalue weighted by molar-refractivity contribution is 0.201. The summed E-state index contributed by atoms with van der Waals surface area (Å²) in [5.41, 5.74) is 1.31. The molecule has 0 unspecified atom stereocenters. The summed E-state index contributed by atoms with van der Waals surface area (Å²) >= 11 is 0. The Hall–Kier alpha value is -1.06. The summed E-state index contributed by atoms with van der Waals surface area (Å²) in [6.07, 6.45) is 1.22. The smallest absolute Gasteiger partial charge is 0.119 e. The van der Waals surface area contributed by atoms with Crippen LogP contribution in [0.25, 0.3) is 0 Å². The zero-order valence-electron chi connectivity index (χ0n) is 8.07. The van der Waals surface area contributed by atoms with Gasteiger partial charge in [0.2, 0.25) is 0 Å². The van der Waals surface area contributed by atoms with E-state index in [-0.39, 0.29) is 6.61 Å². The van der Waals surface area contributed by atoms with Crippen LogP contribution in [0.15, 0.2) is 24.3 Å². The van der Waals surface area contributed by atoms with Crippen LogP contribution in [0.4, 0.5) is 0 Å². The van der Waals surface area contributed by atoms with Crippen molar-refractivity contribution >= 4 is 0 Å². The van der Waals surface area contributed by atoms with Crippen molar-refractivity contribution in [3.8, 4) is 5.75 Å². The highest BCUT2D eigenvalue weighted by molar-refractivity contribution is 5.30. The standard InChI is InChI=1S/C11H15NO2/c13-7-8-14-10-3-1-9(2-4-10)11-5-6-12-11/h1-4,11-13H,5-8H2/t11-/m0/s1. The van der Waals surface area contributed by atoms with Gasteiger partial charge >= 0.3 is 0 Å². The van der Waals surface area contributed by atoms with Crippen molar-refractivity contribution in [3.05, 3.63) is 29.8 Å². The van der Waals surface area contributed by atoms with Crippen LogP contribution in [0.5, 0.6) is 5.75 Å². The largest absolute Gasteiger partial charge is 0.491 e. The summed E-state index contributed by atoms with van der Waals surface area (Å²) in [6.45, 7) is 1.54. The molecule has 0 aliphatic carbocycles. The molecule has 1 aliphatic rings. The summed E-state index contributed by atoms with van der Waals surface area (Å²) in [5, 5.41) is 11.9. The Labute approximate surface area is 83.7 Å². The number of hydrogen-bond acceptors (Lipinski definition) is 3. The lowest BCUT2D eigenvalue weighted by Gasteiger charge is -2.28. The minimum absolute atomic E-state index is 0.0614. The van der Waals surface area contributed by atoms with Crippen LogP contribution < -0.4 is 10.1 Å². The number of ether oxygens (including phenoxy) is 1. The molecule has 14 heavy (non-hydrogen) atoms. The van der Waals surface area contributed by atoms with Gasteiger partial charge in [0.25, 0.3) is 0 Å². The maximum atomic E-state index is 8.58. The summed E-state index contributed by atoms with van der Waals surface area (Å²) in [4.78, 5) is 0. The first-order valence-corrected chi connectivity index (χ1v) is 4.97. The van der Waals surface area contributed by atoms with Crippen molar-refractivity contribution in [3.63, 3.8) is 0 Å². The van der Waals surface area contributed by atoms with Crippen LogP contribution >= 0.6 is 0 Å². The quantitative estimate of drug-likeness (QED) is 0.752. The lowest BCUT2D eigenvalue weighted by atomic mass is 9.98. The third kappa shape index (κ3) is 2.05. The molecule has 0 saturated carbocycles. The molecule has 1 aliphatic heterocycles. The van der Waals surface area contributed by atoms with Gasteiger partial charge < -0.3 is 15.2 Å². The highest BCUT2D eigenvalue weighted by Crippen LogP contribution is 2.24. The van der Waals surface area contributed by atoms with E-state index < -0.39 is 0 Å². The first-order valence-electron chi connectivity index (χ1n) is 4.97. The summed E-state index contributed by atoms with van der Waals surface area (Å²) in [7, 11) is 0. The molecule has 1 aromatic rings. The zero-order chi connectivity index (χ0) is 9.80. The molecular formula is C11H15NO2. The Kier molecular flexibility index (Phi) is 3.01. The van der Waals surface area contributed by atoms with Gasteiger partial charge in [-0.3, -0.25) is 0 Å². The number of nitrogens with one attached hydrogen (secondary N) is 1. The molecule has 0 radical (unpaired) electrons. The summed E-state index contributed by atoms with van der Waals surface area (Å²) < 4.78 is 5.27. The molecule has 2 rings (SSSR count). The van der Waals surface area contributed by atoms with Gasteiger partial charge in [-0.15, -0.1) is 0 Å². The molecule has 0 aromatic heterocycles. The SMILES string of the molecule is OCCOc1ccc([C@@H]2CCN2)cc1. The van der Waals surface area contributed by atoms with E-state index in [4.69, 9.17) is 9.84 Å². The van der Waals surface area contributed by atoms with Gasteiger partial charge in [-0.2, -0.15) is 0 Å². The number of rotatable bonds is 4. The molecule has 1 atom stereocenters. The molecule has 0 amide bonds. The minimum Gasteiger partial charge on any atom is -0.491 e. The van der Waals surface area contributed by atoms with Gasteiger partial charge in [-0.1, -0.05) is 12.1 Å². The van der Waals surface area contributed by atoms with E-state index in [0.29, 0.717) is 12.6 Å². The van der Waals surface area contributed by atoms with Gasteiger partial charge in [0.05, 0.1) is 6.61 Å². The molecule has 1 heterocycles. The Balaban J connectivity index is 1.95. The van der Waals surface area contributed by atoms with Gasteiger partial charge in [0.15, 0.2) is 0 Å². The topological polar surface area (TPSA) is 41.5 Å². The van der Waals surface area contributed by atoms with E-state index in [1.807, 2.05) is 12.1 Å². The first-order chi connectivity index (χ1) is 6.90. The second kappa shape index (κ2) is 4.44. The van der Waals surface area contributed by atoms with Crippen molar-refractivity contribution in [2.24, 2.45) is 0 Å². The van der Waals surface area contributed by atoms with E-state index in [2.05, 4.69) is 17.4 Å². The maximum Gasteiger partial charge on any atom is 0.119 e. The van der Waals surface area contributed by atoms with Crippen molar-refractivity contribution in [2.75, 3.05) is 19.8 Å². The minimum atomic E-state index is 0.0614. The average molecular weight is 193 g/mol. The number of aliphatic hydroxyl groups excluding tert-OH is 1. The third-order valence-corrected chi connectivity index (χ3v) is 2.47. The summed E-state index contributed by atoms with van der Waals surface area (Å²) in [5.74, 6) is 0.821. The number of benzene rings is 1. The van der Waals surface area contributed by atoms with E-state index in [1.54, 1.807) is 0 Å². The molecule has 2 N–H and O–H groups in total. The Morgan fingerprint density at radius 1 is 1.36 bits per heavy atom. The molecule has 1 aromatic carbocycles. The van der Waals surface area contributed by atoms with Gasteiger partial charge in [-0.25, -0.2) is 0 Å². The monoisotopic (exact) mass is 193 g/mol. The van der Waals surface area contributed by atoms with Gasteiger partial charge in [-0.05, 0) is 30.7 Å². The van der Waals surface area contributed by atoms with Crippen LogP contribution in [-0.4, -0.2) is 24.9 Å². The number of hydrogen-bond donors (Lipinski definition) is 2. The van der Waals surface area contributed by atoms with Crippen LogP contribution in [0.2, 0.25) is 0 Å². The summed E-state index contributed by atoms with van der Waals surface area (Å²) in [6, 6.07) is 8.57. The fraction of sp³-hybridized carbons (Fsp3) is 0.455. The molecule has 3 heteroatoms. The molecule has 0 spiro atoms. The third-order valence-electron chi connectivity index (χ3n) is 2.47. The van der Waals surface area contributed by atoms with Crippen molar-refractivity contribution in [2.45, 2.75) is 12.5 Å². The lowest BCUT2D eigenvalue weighted by Crippen LogP contribution is -2.34. The molecule has 1 fully saturated rings. The molecular weight excluding hydrogens is 178 g/mol. The average Bonchev–Trinajstić information content (AvgIpc) is 2.14. The second-order valence-electron chi connectivity index (χ2n) is 3.44. The Morgan fingerprint density at radius 2 is 2.07 bits per heavy atom. The van der Waals surface area contributed by atoms with Crippen molar-refractivity contribution in [1.29, 1.82) is 0 Å². The predicted molar refractivity (Wildman–Crippen MR) is 54.4 cm³/mol. The van der Waals surface area contributed by atoms with Crippen LogP contribution in [0.3, 0.4) is 0 Å². The number of aliphatic hydroxyl groups is 1. The Bertz CT molecular complexity index is 280. The predicted octanol–water partition coefficient (Wildman–Crippen LogP) is 1.09. The van der Waals surface area contributed by atoms with E-state index in [0.717, 1.165) is 12.3 Å². The fourth-order valence-electron chi connectivity index (χ4n) is 1.53. The van der Waals surface area contributed by atoms with Gasteiger partial charge in [0.1, 0.15) is 12.4 Å². The molecule has 0 bridgehead atoms. The van der Waals surface area contributed by atoms with Crippen LogP contribution in [-0.2, 0) is 0 Å². The van der Waals surface area contributed by atoms with E-state index in [1.165, 1.54) is 12.0 Å². The second-order valence-corrected chi connectivity index (χ2v) is 3.44. The fourth-order valence-corrected chi connectivity index (χ4v) is 1.53. The normalized spacial score (nSPS) is 20.2. The molecule has 1 saturated heterocycles. The molecule has 76 valence electrons. The van der Waals surface area contributed by atoms with Gasteiger partial charge in [0, 0.05) is 6.04 Å². The van der Waals surface area contributed by atoms with Crippen molar-refractivity contribution in [1.82, 2.24) is 5.32 Å². The van der Waals surface area contributed by atoms with Crippen molar-refractivity contribution < 1.29 is 9.84 Å². The molecule has 3 nitrogen and oxygen atoms in total. The van der Waals surface area contributed by atoms with E-state index >= 15 is 0 Å². The maximum absolute atomic E-state index is 8.58. The zero-order valence-corrected chi connectivity index (χ0v) is 8.07. The van der Waals surface area contributed by atoms with E-state index in [9.17, 15) is 0 Å².